The fourth-order valence-electron chi connectivity index (χ4n) is 4.78. The van der Waals surface area contributed by atoms with Crippen molar-refractivity contribution in [3.8, 4) is 11.5 Å². The first-order valence-electron chi connectivity index (χ1n) is 11.4. The number of hydrogen-bond acceptors (Lipinski definition) is 6. The number of methoxy groups -OCH3 is 2. The van der Waals surface area contributed by atoms with Gasteiger partial charge < -0.3 is 19.7 Å². The molecule has 0 radical (unpaired) electrons. The van der Waals surface area contributed by atoms with Crippen LogP contribution in [0.25, 0.3) is 0 Å². The second-order valence-electron chi connectivity index (χ2n) is 8.88. The van der Waals surface area contributed by atoms with Crippen LogP contribution in [0.1, 0.15) is 67.7 Å². The highest BCUT2D eigenvalue weighted by Crippen LogP contribution is 2.41. The van der Waals surface area contributed by atoms with Crippen LogP contribution < -0.4 is 19.7 Å². The zero-order chi connectivity index (χ0) is 20.5. The maximum Gasteiger partial charge on any atom is 0.225 e. The van der Waals surface area contributed by atoms with Gasteiger partial charge in [0.05, 0.1) is 19.9 Å². The van der Waals surface area contributed by atoms with Gasteiger partial charge in [0.15, 0.2) is 11.5 Å². The SMILES string of the molecule is COc1cc2c(cc1OC)CN(c1cc(C3CC3)nc(NC3CCCCC3)n1)CC2. The van der Waals surface area contributed by atoms with Gasteiger partial charge in [0.1, 0.15) is 5.82 Å². The Balaban J connectivity index is 1.41. The van der Waals surface area contributed by atoms with Crippen LogP contribution in [0.4, 0.5) is 11.8 Å². The number of benzene rings is 1. The lowest BCUT2D eigenvalue weighted by Crippen LogP contribution is -2.32. The van der Waals surface area contributed by atoms with E-state index in [0.717, 1.165) is 42.8 Å². The zero-order valence-corrected chi connectivity index (χ0v) is 18.1. The summed E-state index contributed by atoms with van der Waals surface area (Å²) in [6.07, 6.45) is 9.90. The highest BCUT2D eigenvalue weighted by atomic mass is 16.5. The summed E-state index contributed by atoms with van der Waals surface area (Å²) >= 11 is 0. The second kappa shape index (κ2) is 8.32. The summed E-state index contributed by atoms with van der Waals surface area (Å²) in [6.45, 7) is 1.78. The number of anilines is 2. The minimum Gasteiger partial charge on any atom is -0.493 e. The quantitative estimate of drug-likeness (QED) is 0.749. The van der Waals surface area contributed by atoms with Gasteiger partial charge in [0.25, 0.3) is 0 Å². The number of nitrogens with one attached hydrogen (secondary N) is 1. The fourth-order valence-corrected chi connectivity index (χ4v) is 4.78. The van der Waals surface area contributed by atoms with Gasteiger partial charge in [0, 0.05) is 31.1 Å². The first-order valence-corrected chi connectivity index (χ1v) is 11.4. The number of ether oxygens (including phenoxy) is 2. The van der Waals surface area contributed by atoms with Crippen molar-refractivity contribution < 1.29 is 9.47 Å². The molecule has 30 heavy (non-hydrogen) atoms. The van der Waals surface area contributed by atoms with Gasteiger partial charge in [-0.3, -0.25) is 0 Å². The Bertz CT molecular complexity index is 906. The molecule has 2 fully saturated rings. The number of aromatic nitrogens is 2. The van der Waals surface area contributed by atoms with Crippen molar-refractivity contribution in [2.75, 3.05) is 31.0 Å². The Morgan fingerprint density at radius 3 is 2.33 bits per heavy atom. The average molecular weight is 409 g/mol. The van der Waals surface area contributed by atoms with E-state index in [0.29, 0.717) is 12.0 Å². The van der Waals surface area contributed by atoms with E-state index in [2.05, 4.69) is 28.4 Å². The third-order valence-electron chi connectivity index (χ3n) is 6.71. The molecule has 6 heteroatoms. The lowest BCUT2D eigenvalue weighted by atomic mass is 9.96. The average Bonchev–Trinajstić information content (AvgIpc) is 3.64. The lowest BCUT2D eigenvalue weighted by molar-refractivity contribution is 0.353. The molecule has 0 spiro atoms. The summed E-state index contributed by atoms with van der Waals surface area (Å²) in [5, 5.41) is 3.65. The molecule has 0 bridgehead atoms. The first kappa shape index (κ1) is 19.5. The summed E-state index contributed by atoms with van der Waals surface area (Å²) in [4.78, 5) is 12.2. The van der Waals surface area contributed by atoms with E-state index in [1.807, 2.05) is 0 Å². The maximum atomic E-state index is 5.53. The molecule has 0 saturated heterocycles. The molecular formula is C24H32N4O2. The number of rotatable bonds is 6. The third-order valence-corrected chi connectivity index (χ3v) is 6.71. The number of nitrogens with zero attached hydrogens (tertiary/aromatic N) is 3. The molecule has 2 aromatic rings. The van der Waals surface area contributed by atoms with E-state index in [4.69, 9.17) is 19.4 Å². The summed E-state index contributed by atoms with van der Waals surface area (Å²) < 4.78 is 11.0. The lowest BCUT2D eigenvalue weighted by Gasteiger charge is -2.31. The molecule has 1 N–H and O–H groups in total. The van der Waals surface area contributed by atoms with Crippen molar-refractivity contribution in [3.05, 3.63) is 35.0 Å². The number of fused-ring (bicyclic) bond motifs is 1. The Hall–Kier alpha value is -2.50. The highest BCUT2D eigenvalue weighted by molar-refractivity contribution is 5.53. The monoisotopic (exact) mass is 408 g/mol. The topological polar surface area (TPSA) is 59.5 Å². The van der Waals surface area contributed by atoms with Crippen molar-refractivity contribution in [3.63, 3.8) is 0 Å². The largest absolute Gasteiger partial charge is 0.493 e. The van der Waals surface area contributed by atoms with Crippen LogP contribution in [0.15, 0.2) is 18.2 Å². The van der Waals surface area contributed by atoms with E-state index in [1.165, 1.54) is 61.8 Å². The predicted octanol–water partition coefficient (Wildman–Crippen LogP) is 4.68. The molecule has 2 saturated carbocycles. The van der Waals surface area contributed by atoms with Gasteiger partial charge in [-0.25, -0.2) is 4.98 Å². The molecule has 1 aliphatic heterocycles. The molecule has 160 valence electrons. The molecule has 0 atom stereocenters. The molecular weight excluding hydrogens is 376 g/mol. The van der Waals surface area contributed by atoms with Gasteiger partial charge in [-0.1, -0.05) is 19.3 Å². The maximum absolute atomic E-state index is 5.53. The van der Waals surface area contributed by atoms with Crippen LogP contribution in [0.3, 0.4) is 0 Å². The van der Waals surface area contributed by atoms with Crippen molar-refractivity contribution in [2.24, 2.45) is 0 Å². The van der Waals surface area contributed by atoms with Gasteiger partial charge in [-0.05, 0) is 55.4 Å². The summed E-state index contributed by atoms with van der Waals surface area (Å²) in [7, 11) is 3.39. The molecule has 2 heterocycles. The van der Waals surface area contributed by atoms with Crippen molar-refractivity contribution in [1.29, 1.82) is 0 Å². The van der Waals surface area contributed by atoms with Crippen LogP contribution >= 0.6 is 0 Å². The van der Waals surface area contributed by atoms with Crippen LogP contribution in [-0.4, -0.2) is 36.8 Å². The molecule has 0 amide bonds. The van der Waals surface area contributed by atoms with E-state index < -0.39 is 0 Å². The fraction of sp³-hybridized carbons (Fsp3) is 0.583. The van der Waals surface area contributed by atoms with Crippen molar-refractivity contribution in [1.82, 2.24) is 9.97 Å². The molecule has 6 nitrogen and oxygen atoms in total. The van der Waals surface area contributed by atoms with E-state index in [1.54, 1.807) is 14.2 Å². The molecule has 2 aliphatic carbocycles. The summed E-state index contributed by atoms with van der Waals surface area (Å²) in [5.74, 6) is 4.07. The zero-order valence-electron chi connectivity index (χ0n) is 18.1. The summed E-state index contributed by atoms with van der Waals surface area (Å²) in [5.41, 5.74) is 3.82. The molecule has 1 aromatic carbocycles. The van der Waals surface area contributed by atoms with Gasteiger partial charge in [-0.2, -0.15) is 4.98 Å². The highest BCUT2D eigenvalue weighted by Gasteiger charge is 2.28. The van der Waals surface area contributed by atoms with Crippen LogP contribution in [-0.2, 0) is 13.0 Å². The van der Waals surface area contributed by atoms with E-state index in [-0.39, 0.29) is 0 Å². The van der Waals surface area contributed by atoms with E-state index >= 15 is 0 Å². The van der Waals surface area contributed by atoms with Gasteiger partial charge in [0.2, 0.25) is 5.95 Å². The smallest absolute Gasteiger partial charge is 0.225 e. The number of hydrogen-bond donors (Lipinski definition) is 1. The molecule has 5 rings (SSSR count). The van der Waals surface area contributed by atoms with Crippen molar-refractivity contribution in [2.45, 2.75) is 69.9 Å². The van der Waals surface area contributed by atoms with E-state index in [9.17, 15) is 0 Å². The van der Waals surface area contributed by atoms with Crippen molar-refractivity contribution >= 4 is 11.8 Å². The minimum atomic E-state index is 0.514. The Morgan fingerprint density at radius 1 is 0.900 bits per heavy atom. The van der Waals surface area contributed by atoms with Gasteiger partial charge >= 0.3 is 0 Å². The van der Waals surface area contributed by atoms with Crippen LogP contribution in [0.5, 0.6) is 11.5 Å². The third kappa shape index (κ3) is 4.05. The normalized spacial score (nSPS) is 19.3. The predicted molar refractivity (Wildman–Crippen MR) is 119 cm³/mol. The Labute approximate surface area is 179 Å². The first-order chi connectivity index (χ1) is 14.7. The van der Waals surface area contributed by atoms with Gasteiger partial charge in [-0.15, -0.1) is 0 Å². The molecule has 3 aliphatic rings. The molecule has 1 aromatic heterocycles. The van der Waals surface area contributed by atoms with Crippen LogP contribution in [0, 0.1) is 0 Å². The van der Waals surface area contributed by atoms with Crippen LogP contribution in [0.2, 0.25) is 0 Å². The summed E-state index contributed by atoms with van der Waals surface area (Å²) in [6, 6.07) is 6.97. The standard InChI is InChI=1S/C24H32N4O2/c1-29-21-12-17-10-11-28(15-18(17)13-22(21)30-2)23-14-20(16-8-9-16)26-24(27-23)25-19-6-4-3-5-7-19/h12-14,16,19H,3-11,15H2,1-2H3,(H,25,26,27). The minimum absolute atomic E-state index is 0.514. The Kier molecular flexibility index (Phi) is 5.40. The Morgan fingerprint density at radius 2 is 1.63 bits per heavy atom. The second-order valence-corrected chi connectivity index (χ2v) is 8.88. The molecule has 0 unspecified atom stereocenters.